The van der Waals surface area contributed by atoms with Crippen LogP contribution in [0.25, 0.3) is 10.9 Å². The van der Waals surface area contributed by atoms with Crippen molar-refractivity contribution in [3.05, 3.63) is 34.1 Å². The second-order valence-electron chi connectivity index (χ2n) is 7.60. The van der Waals surface area contributed by atoms with Crippen molar-refractivity contribution in [2.24, 2.45) is 11.7 Å². The number of anilines is 1. The van der Waals surface area contributed by atoms with Gasteiger partial charge in [-0.05, 0) is 38.2 Å². The lowest BCUT2D eigenvalue weighted by Crippen LogP contribution is -2.30. The van der Waals surface area contributed by atoms with E-state index in [9.17, 15) is 14.0 Å². The van der Waals surface area contributed by atoms with E-state index in [1.807, 2.05) is 6.92 Å². The number of fused-ring (bicyclic) bond motifs is 1. The summed E-state index contributed by atoms with van der Waals surface area (Å²) in [5, 5.41) is 8.61. The molecule has 0 spiro atoms. The van der Waals surface area contributed by atoms with Gasteiger partial charge in [0.05, 0.1) is 17.1 Å². The maximum Gasteiger partial charge on any atom is 0.511 e. The number of nitrogens with zero attached hydrogens (tertiary/aromatic N) is 2. The van der Waals surface area contributed by atoms with Crippen LogP contribution in [0.5, 0.6) is 5.75 Å². The average molecular weight is 393 g/mol. The summed E-state index contributed by atoms with van der Waals surface area (Å²) in [6.07, 6.45) is 1.79. The lowest BCUT2D eigenvalue weighted by atomic mass is 10.0. The minimum atomic E-state index is -1.66. The van der Waals surface area contributed by atoms with Crippen molar-refractivity contribution in [3.8, 4) is 5.75 Å². The molecule has 28 heavy (non-hydrogen) atoms. The lowest BCUT2D eigenvalue weighted by molar-refractivity contribution is 0.143. The standard InChI is InChI=1S/C19H21F2N3O4/c1-9(22)10-4-5-23(7-10)17-13(20)6-12-16(15(17)21)24(11-2-3-11)8-14(18(12)25)28-19(26)27/h6,8-11H,2-5,7,22H2,1H3,(H,26,27). The third-order valence-electron chi connectivity index (χ3n) is 5.57. The van der Waals surface area contributed by atoms with Gasteiger partial charge in [-0.3, -0.25) is 4.79 Å². The maximum absolute atomic E-state index is 15.5. The molecule has 0 radical (unpaired) electrons. The van der Waals surface area contributed by atoms with E-state index in [2.05, 4.69) is 4.74 Å². The highest BCUT2D eigenvalue weighted by atomic mass is 19.1. The smallest absolute Gasteiger partial charge is 0.449 e. The number of pyridine rings is 1. The number of carbonyl (C=O) groups is 1. The molecular formula is C19H21F2N3O4. The Morgan fingerprint density at radius 3 is 2.64 bits per heavy atom. The minimum Gasteiger partial charge on any atom is -0.449 e. The fourth-order valence-corrected chi connectivity index (χ4v) is 3.92. The minimum absolute atomic E-state index is 0.0223. The number of hydrogen-bond donors (Lipinski definition) is 2. The molecule has 9 heteroatoms. The van der Waals surface area contributed by atoms with E-state index < -0.39 is 29.0 Å². The zero-order chi connectivity index (χ0) is 20.2. The highest BCUT2D eigenvalue weighted by Gasteiger charge is 2.33. The molecular weight excluding hydrogens is 372 g/mol. The number of halogens is 2. The Bertz CT molecular complexity index is 1020. The molecule has 1 saturated carbocycles. The number of ether oxygens (including phenoxy) is 1. The van der Waals surface area contributed by atoms with Gasteiger partial charge < -0.3 is 25.0 Å². The molecule has 7 nitrogen and oxygen atoms in total. The first-order valence-corrected chi connectivity index (χ1v) is 9.26. The fourth-order valence-electron chi connectivity index (χ4n) is 3.92. The molecule has 0 bridgehead atoms. The number of rotatable bonds is 4. The summed E-state index contributed by atoms with van der Waals surface area (Å²) in [5.74, 6) is -2.00. The van der Waals surface area contributed by atoms with Crippen LogP contribution in [0.1, 0.15) is 32.2 Å². The Hall–Kier alpha value is -2.68. The van der Waals surface area contributed by atoms with Crippen LogP contribution >= 0.6 is 0 Å². The number of carboxylic acid groups (broad SMARTS) is 1. The van der Waals surface area contributed by atoms with Crippen LogP contribution in [0.4, 0.5) is 19.3 Å². The molecule has 4 rings (SSSR count). The maximum atomic E-state index is 15.5. The van der Waals surface area contributed by atoms with E-state index in [4.69, 9.17) is 10.8 Å². The van der Waals surface area contributed by atoms with Crippen LogP contribution in [0.3, 0.4) is 0 Å². The predicted octanol–water partition coefficient (Wildman–Crippen LogP) is 2.84. The second kappa shape index (κ2) is 6.73. The highest BCUT2D eigenvalue weighted by molar-refractivity contribution is 5.86. The zero-order valence-corrected chi connectivity index (χ0v) is 15.3. The Kier molecular flexibility index (Phi) is 4.49. The van der Waals surface area contributed by atoms with Crippen LogP contribution in [-0.4, -0.2) is 35.0 Å². The Labute approximate surface area is 159 Å². The molecule has 1 aromatic heterocycles. The summed E-state index contributed by atoms with van der Waals surface area (Å²) in [7, 11) is 0. The predicted molar refractivity (Wildman–Crippen MR) is 99.0 cm³/mol. The first-order valence-electron chi connectivity index (χ1n) is 9.26. The molecule has 2 heterocycles. The molecule has 150 valence electrons. The molecule has 1 aliphatic carbocycles. The van der Waals surface area contributed by atoms with Gasteiger partial charge in [0.15, 0.2) is 11.6 Å². The lowest BCUT2D eigenvalue weighted by Gasteiger charge is -2.23. The third kappa shape index (κ3) is 3.09. The van der Waals surface area contributed by atoms with E-state index in [0.29, 0.717) is 13.1 Å². The molecule has 2 fully saturated rings. The molecule has 1 aromatic carbocycles. The summed E-state index contributed by atoms with van der Waals surface area (Å²) >= 11 is 0. The number of hydrogen-bond acceptors (Lipinski definition) is 5. The molecule has 2 aromatic rings. The fraction of sp³-hybridized carbons (Fsp3) is 0.474. The summed E-state index contributed by atoms with van der Waals surface area (Å²) in [4.78, 5) is 25.1. The van der Waals surface area contributed by atoms with Crippen molar-refractivity contribution < 1.29 is 23.4 Å². The van der Waals surface area contributed by atoms with Gasteiger partial charge in [-0.15, -0.1) is 0 Å². The van der Waals surface area contributed by atoms with Gasteiger partial charge in [0.1, 0.15) is 11.5 Å². The van der Waals surface area contributed by atoms with Crippen LogP contribution < -0.4 is 20.8 Å². The van der Waals surface area contributed by atoms with E-state index >= 15 is 4.39 Å². The molecule has 2 atom stereocenters. The van der Waals surface area contributed by atoms with Crippen molar-refractivity contribution in [1.82, 2.24) is 4.57 Å². The summed E-state index contributed by atoms with van der Waals surface area (Å²) in [5.41, 5.74) is 4.89. The van der Waals surface area contributed by atoms with Gasteiger partial charge in [0.2, 0.25) is 5.43 Å². The summed E-state index contributed by atoms with van der Waals surface area (Å²) in [6, 6.07) is 0.808. The first kappa shape index (κ1) is 18.7. The van der Waals surface area contributed by atoms with Crippen LogP contribution in [-0.2, 0) is 0 Å². The van der Waals surface area contributed by atoms with Gasteiger partial charge >= 0.3 is 6.16 Å². The van der Waals surface area contributed by atoms with Gasteiger partial charge in [-0.25, -0.2) is 13.6 Å². The van der Waals surface area contributed by atoms with Gasteiger partial charge in [-0.2, -0.15) is 0 Å². The Morgan fingerprint density at radius 2 is 2.07 bits per heavy atom. The monoisotopic (exact) mass is 393 g/mol. The SMILES string of the molecule is CC(N)C1CCN(c2c(F)cc3c(=O)c(OC(=O)O)cn(C4CC4)c3c2F)C1. The van der Waals surface area contributed by atoms with Gasteiger partial charge in [0.25, 0.3) is 0 Å². The molecule has 2 unspecified atom stereocenters. The van der Waals surface area contributed by atoms with Crippen LogP contribution in [0, 0.1) is 17.6 Å². The normalized spacial score (nSPS) is 20.6. The number of aromatic nitrogens is 1. The number of nitrogens with two attached hydrogens (primary N) is 1. The van der Waals surface area contributed by atoms with Crippen molar-refractivity contribution >= 4 is 22.7 Å². The molecule has 2 aliphatic rings. The van der Waals surface area contributed by atoms with Crippen LogP contribution in [0.15, 0.2) is 17.1 Å². The van der Waals surface area contributed by atoms with Crippen molar-refractivity contribution in [1.29, 1.82) is 0 Å². The van der Waals surface area contributed by atoms with Crippen molar-refractivity contribution in [3.63, 3.8) is 0 Å². The topological polar surface area (TPSA) is 97.8 Å². The molecule has 0 amide bonds. The molecule has 1 saturated heterocycles. The Morgan fingerprint density at radius 1 is 1.36 bits per heavy atom. The van der Waals surface area contributed by atoms with Gasteiger partial charge in [-0.1, -0.05) is 0 Å². The quantitative estimate of drug-likeness (QED) is 0.776. The van der Waals surface area contributed by atoms with E-state index in [1.165, 1.54) is 10.8 Å². The van der Waals surface area contributed by atoms with Gasteiger partial charge in [0, 0.05) is 25.2 Å². The van der Waals surface area contributed by atoms with Crippen LogP contribution in [0.2, 0.25) is 0 Å². The van der Waals surface area contributed by atoms with Crippen molar-refractivity contribution in [2.75, 3.05) is 18.0 Å². The molecule has 3 N–H and O–H groups in total. The second-order valence-corrected chi connectivity index (χ2v) is 7.60. The van der Waals surface area contributed by atoms with E-state index in [-0.39, 0.29) is 34.6 Å². The molecule has 1 aliphatic heterocycles. The first-order chi connectivity index (χ1) is 13.3. The van der Waals surface area contributed by atoms with E-state index in [0.717, 1.165) is 25.3 Å². The van der Waals surface area contributed by atoms with E-state index in [1.54, 1.807) is 4.90 Å². The zero-order valence-electron chi connectivity index (χ0n) is 15.3. The highest BCUT2D eigenvalue weighted by Crippen LogP contribution is 2.41. The third-order valence-corrected chi connectivity index (χ3v) is 5.57. The Balaban J connectivity index is 1.90. The average Bonchev–Trinajstić information content (AvgIpc) is 3.34. The summed E-state index contributed by atoms with van der Waals surface area (Å²) < 4.78 is 36.4. The number of benzene rings is 1. The largest absolute Gasteiger partial charge is 0.511 e. The summed E-state index contributed by atoms with van der Waals surface area (Å²) in [6.45, 7) is 2.78. The van der Waals surface area contributed by atoms with Crippen molar-refractivity contribution in [2.45, 2.75) is 38.3 Å².